The number of allylic oxidation sites excluding steroid dienone is 1. The molecule has 0 saturated heterocycles. The molecular formula is C28H32N2O3S. The van der Waals surface area contributed by atoms with E-state index in [0.29, 0.717) is 24.3 Å². The second-order valence-electron chi connectivity index (χ2n) is 8.24. The van der Waals surface area contributed by atoms with E-state index in [2.05, 4.69) is 48.4 Å². The van der Waals surface area contributed by atoms with Crippen molar-refractivity contribution in [2.75, 3.05) is 6.54 Å². The molecular weight excluding hydrogens is 444 g/mol. The van der Waals surface area contributed by atoms with E-state index in [1.54, 1.807) is 6.07 Å². The molecule has 2 aromatic carbocycles. The van der Waals surface area contributed by atoms with Crippen LogP contribution in [0, 0.1) is 0 Å². The van der Waals surface area contributed by atoms with Crippen molar-refractivity contribution in [2.45, 2.75) is 44.6 Å². The van der Waals surface area contributed by atoms with E-state index in [1.807, 2.05) is 42.5 Å². The van der Waals surface area contributed by atoms with Crippen LogP contribution in [0.3, 0.4) is 0 Å². The number of rotatable bonds is 13. The Kier molecular flexibility index (Phi) is 9.47. The Bertz CT molecular complexity index is 1040. The van der Waals surface area contributed by atoms with Crippen LogP contribution in [0.1, 0.15) is 64.2 Å². The summed E-state index contributed by atoms with van der Waals surface area (Å²) >= 11 is 1.40. The van der Waals surface area contributed by atoms with Crippen LogP contribution in [-0.4, -0.2) is 29.6 Å². The van der Waals surface area contributed by atoms with E-state index >= 15 is 0 Å². The molecule has 1 amide bonds. The largest absolute Gasteiger partial charge is 0.480 e. The molecule has 0 spiro atoms. The van der Waals surface area contributed by atoms with E-state index in [-0.39, 0.29) is 11.8 Å². The Morgan fingerprint density at radius 3 is 2.15 bits per heavy atom. The Labute approximate surface area is 205 Å². The number of carboxylic acid groups (broad SMARTS) is 1. The fraction of sp³-hybridized carbons (Fsp3) is 0.286. The number of carbonyl (C=O) groups excluding carboxylic acids is 1. The van der Waals surface area contributed by atoms with Gasteiger partial charge in [0, 0.05) is 23.0 Å². The summed E-state index contributed by atoms with van der Waals surface area (Å²) in [7, 11) is 0. The minimum absolute atomic E-state index is 0.00603. The maximum atomic E-state index is 12.9. The van der Waals surface area contributed by atoms with Crippen molar-refractivity contribution in [2.24, 2.45) is 0 Å². The number of benzene rings is 2. The summed E-state index contributed by atoms with van der Waals surface area (Å²) < 4.78 is 0. The van der Waals surface area contributed by atoms with Crippen LogP contribution in [0.2, 0.25) is 0 Å². The molecule has 6 heteroatoms. The number of carboxylic acids is 1. The van der Waals surface area contributed by atoms with Gasteiger partial charge in [-0.05, 0) is 42.5 Å². The van der Waals surface area contributed by atoms with E-state index in [1.165, 1.54) is 11.3 Å². The zero-order chi connectivity index (χ0) is 24.3. The van der Waals surface area contributed by atoms with Crippen LogP contribution in [0.5, 0.6) is 0 Å². The molecule has 0 aliphatic carbocycles. The third-order valence-corrected chi connectivity index (χ3v) is 6.75. The first-order valence-corrected chi connectivity index (χ1v) is 12.5. The molecule has 0 fully saturated rings. The number of hydrogen-bond donors (Lipinski definition) is 3. The van der Waals surface area contributed by atoms with Crippen LogP contribution in [0.25, 0.3) is 0 Å². The van der Waals surface area contributed by atoms with Gasteiger partial charge < -0.3 is 15.7 Å². The monoisotopic (exact) mass is 476 g/mol. The molecule has 0 radical (unpaired) electrons. The minimum atomic E-state index is -1.02. The van der Waals surface area contributed by atoms with Gasteiger partial charge in [-0.15, -0.1) is 11.3 Å². The van der Waals surface area contributed by atoms with E-state index in [9.17, 15) is 14.7 Å². The first-order chi connectivity index (χ1) is 16.5. The molecule has 0 aliphatic rings. The highest BCUT2D eigenvalue weighted by Crippen LogP contribution is 2.36. The van der Waals surface area contributed by atoms with Crippen LogP contribution >= 0.6 is 11.3 Å². The Morgan fingerprint density at radius 2 is 1.59 bits per heavy atom. The number of amides is 1. The SMILES string of the molecule is C=C(CCC)NCCCC(NC(=O)c1ccc(C(c2ccccc2)c2ccccc2)s1)C(=O)O. The highest BCUT2D eigenvalue weighted by molar-refractivity contribution is 7.14. The molecule has 1 heterocycles. The number of hydrogen-bond acceptors (Lipinski definition) is 4. The van der Waals surface area contributed by atoms with Gasteiger partial charge in [-0.3, -0.25) is 4.79 Å². The second kappa shape index (κ2) is 12.8. The van der Waals surface area contributed by atoms with Crippen LogP contribution in [0.4, 0.5) is 0 Å². The first kappa shape index (κ1) is 25.2. The Hall–Kier alpha value is -3.38. The summed E-state index contributed by atoms with van der Waals surface area (Å²) in [4.78, 5) is 26.2. The van der Waals surface area contributed by atoms with Crippen molar-refractivity contribution in [3.05, 3.63) is 106 Å². The van der Waals surface area contributed by atoms with Gasteiger partial charge in [0.15, 0.2) is 0 Å². The van der Waals surface area contributed by atoms with E-state index in [4.69, 9.17) is 0 Å². The fourth-order valence-electron chi connectivity index (χ4n) is 3.89. The molecule has 0 saturated carbocycles. The maximum Gasteiger partial charge on any atom is 0.326 e. The highest BCUT2D eigenvalue weighted by Gasteiger charge is 2.23. The van der Waals surface area contributed by atoms with Gasteiger partial charge in [-0.2, -0.15) is 0 Å². The normalized spacial score (nSPS) is 11.7. The summed E-state index contributed by atoms with van der Waals surface area (Å²) in [5.41, 5.74) is 3.24. The zero-order valence-corrected chi connectivity index (χ0v) is 20.3. The van der Waals surface area contributed by atoms with Crippen molar-refractivity contribution >= 4 is 23.2 Å². The molecule has 3 aromatic rings. The van der Waals surface area contributed by atoms with Gasteiger partial charge in [0.25, 0.3) is 5.91 Å². The molecule has 1 atom stereocenters. The first-order valence-electron chi connectivity index (χ1n) is 11.6. The fourth-order valence-corrected chi connectivity index (χ4v) is 4.96. The summed E-state index contributed by atoms with van der Waals surface area (Å²) in [6.45, 7) is 6.67. The lowest BCUT2D eigenvalue weighted by Gasteiger charge is -2.17. The summed E-state index contributed by atoms with van der Waals surface area (Å²) in [6.07, 6.45) is 2.88. The number of nitrogens with one attached hydrogen (secondary N) is 2. The van der Waals surface area contributed by atoms with Gasteiger partial charge in [-0.25, -0.2) is 4.79 Å². The smallest absolute Gasteiger partial charge is 0.326 e. The van der Waals surface area contributed by atoms with E-state index < -0.39 is 12.0 Å². The molecule has 0 bridgehead atoms. The van der Waals surface area contributed by atoms with Crippen molar-refractivity contribution in [3.8, 4) is 0 Å². The van der Waals surface area contributed by atoms with Gasteiger partial charge in [-0.1, -0.05) is 80.6 Å². The highest BCUT2D eigenvalue weighted by atomic mass is 32.1. The summed E-state index contributed by atoms with van der Waals surface area (Å²) in [5, 5.41) is 15.5. The number of carbonyl (C=O) groups is 2. The lowest BCUT2D eigenvalue weighted by atomic mass is 9.90. The average molecular weight is 477 g/mol. The van der Waals surface area contributed by atoms with Crippen LogP contribution in [-0.2, 0) is 4.79 Å². The quantitative estimate of drug-likeness (QED) is 0.273. The summed E-state index contributed by atoms with van der Waals surface area (Å²) in [5.74, 6) is -1.37. The predicted molar refractivity (Wildman–Crippen MR) is 138 cm³/mol. The zero-order valence-electron chi connectivity index (χ0n) is 19.5. The molecule has 0 aliphatic heterocycles. The molecule has 1 unspecified atom stereocenters. The van der Waals surface area contributed by atoms with Crippen molar-refractivity contribution < 1.29 is 14.7 Å². The third kappa shape index (κ3) is 7.06. The van der Waals surface area contributed by atoms with Crippen LogP contribution in [0.15, 0.2) is 85.1 Å². The average Bonchev–Trinajstić information content (AvgIpc) is 3.32. The number of aliphatic carboxylic acids is 1. The summed E-state index contributed by atoms with van der Waals surface area (Å²) in [6, 6.07) is 23.2. The third-order valence-electron chi connectivity index (χ3n) is 5.60. The van der Waals surface area contributed by atoms with Gasteiger partial charge in [0.2, 0.25) is 0 Å². The van der Waals surface area contributed by atoms with Crippen LogP contribution < -0.4 is 10.6 Å². The minimum Gasteiger partial charge on any atom is -0.480 e. The lowest BCUT2D eigenvalue weighted by molar-refractivity contribution is -0.139. The topological polar surface area (TPSA) is 78.4 Å². The molecule has 3 N–H and O–H groups in total. The molecule has 178 valence electrons. The van der Waals surface area contributed by atoms with Gasteiger partial charge >= 0.3 is 5.97 Å². The Balaban J connectivity index is 1.69. The standard InChI is InChI=1S/C28H32N2O3S/c1-3-11-20(2)29-19-10-16-23(28(32)33)30-27(31)25-18-17-24(34-25)26(21-12-6-4-7-13-21)22-14-8-5-9-15-22/h4-9,12-15,17-18,23,26,29H,2-3,10-11,16,19H2,1H3,(H,30,31)(H,32,33). The van der Waals surface area contributed by atoms with Crippen molar-refractivity contribution in [3.63, 3.8) is 0 Å². The van der Waals surface area contributed by atoms with Crippen molar-refractivity contribution in [1.29, 1.82) is 0 Å². The second-order valence-corrected chi connectivity index (χ2v) is 9.36. The Morgan fingerprint density at radius 1 is 0.971 bits per heavy atom. The molecule has 5 nitrogen and oxygen atoms in total. The predicted octanol–water partition coefficient (Wildman–Crippen LogP) is 5.79. The molecule has 34 heavy (non-hydrogen) atoms. The number of thiophene rings is 1. The molecule has 3 rings (SSSR count). The van der Waals surface area contributed by atoms with Gasteiger partial charge in [0.1, 0.15) is 6.04 Å². The van der Waals surface area contributed by atoms with Gasteiger partial charge in [0.05, 0.1) is 4.88 Å². The van der Waals surface area contributed by atoms with E-state index in [0.717, 1.165) is 34.5 Å². The molecule has 1 aromatic heterocycles. The lowest BCUT2D eigenvalue weighted by Crippen LogP contribution is -2.40. The maximum absolute atomic E-state index is 12.9. The van der Waals surface area contributed by atoms with Crippen molar-refractivity contribution in [1.82, 2.24) is 10.6 Å².